The summed E-state index contributed by atoms with van der Waals surface area (Å²) >= 11 is 1.45. The number of benzene rings is 2. The number of hydrogen-bond donors (Lipinski definition) is 1. The molecule has 0 saturated heterocycles. The largest absolute Gasteiger partial charge is 0.496 e. The lowest BCUT2D eigenvalue weighted by molar-refractivity contribution is 0.0919. The van der Waals surface area contributed by atoms with Crippen molar-refractivity contribution in [2.45, 2.75) is 32.2 Å². The van der Waals surface area contributed by atoms with Crippen LogP contribution in [-0.2, 0) is 0 Å². The molecule has 27 heavy (non-hydrogen) atoms. The predicted octanol–water partition coefficient (Wildman–Crippen LogP) is 5.22. The Morgan fingerprint density at radius 3 is 2.93 bits per heavy atom. The van der Waals surface area contributed by atoms with Crippen LogP contribution in [0.15, 0.2) is 36.4 Å². The second-order valence-electron chi connectivity index (χ2n) is 7.05. The van der Waals surface area contributed by atoms with E-state index in [0.717, 1.165) is 40.2 Å². The number of nitrogens with one attached hydrogen (secondary N) is 1. The van der Waals surface area contributed by atoms with E-state index in [0.29, 0.717) is 11.3 Å². The summed E-state index contributed by atoms with van der Waals surface area (Å²) < 4.78 is 19.6. The minimum absolute atomic E-state index is 0.0231. The second-order valence-corrected chi connectivity index (χ2v) is 8.08. The van der Waals surface area contributed by atoms with Crippen LogP contribution in [0.3, 0.4) is 0 Å². The van der Waals surface area contributed by atoms with Crippen molar-refractivity contribution in [3.63, 3.8) is 0 Å². The summed E-state index contributed by atoms with van der Waals surface area (Å²) in [5.74, 6) is 0.503. The van der Waals surface area contributed by atoms with Gasteiger partial charge in [-0.05, 0) is 56.5 Å². The van der Waals surface area contributed by atoms with Crippen molar-refractivity contribution in [3.8, 4) is 5.75 Å². The van der Waals surface area contributed by atoms with Crippen molar-refractivity contribution in [1.82, 2.24) is 4.98 Å². The standard InChI is InChI=1S/C21H21FN2O2S/c1-12-3-8-18(26-2)16(9-12)20(25)13-4-6-15(10-13)23-21-24-17-7-5-14(22)11-19(17)27-21/h3,5,7-9,11,13,15H,4,6,10H2,1-2H3,(H,23,24)/t13?,15-/m1/s1. The molecule has 0 amide bonds. The van der Waals surface area contributed by atoms with Crippen LogP contribution in [0.2, 0.25) is 0 Å². The van der Waals surface area contributed by atoms with Crippen LogP contribution in [0, 0.1) is 18.7 Å². The molecule has 1 fully saturated rings. The summed E-state index contributed by atoms with van der Waals surface area (Å²) in [6, 6.07) is 10.5. The number of ketones is 1. The molecular formula is C21H21FN2O2S. The number of carbonyl (C=O) groups excluding carboxylic acids is 1. The zero-order valence-corrected chi connectivity index (χ0v) is 16.1. The molecule has 0 bridgehead atoms. The number of nitrogens with zero attached hydrogens (tertiary/aromatic N) is 1. The Morgan fingerprint density at radius 1 is 1.26 bits per heavy atom. The van der Waals surface area contributed by atoms with Gasteiger partial charge >= 0.3 is 0 Å². The highest BCUT2D eigenvalue weighted by molar-refractivity contribution is 7.22. The molecule has 4 rings (SSSR count). The number of aromatic nitrogens is 1. The third-order valence-corrected chi connectivity index (χ3v) is 6.05. The molecular weight excluding hydrogens is 363 g/mol. The molecule has 0 aliphatic heterocycles. The molecule has 140 valence electrons. The van der Waals surface area contributed by atoms with Crippen LogP contribution in [0.1, 0.15) is 35.2 Å². The number of thiazole rings is 1. The number of rotatable bonds is 5. The van der Waals surface area contributed by atoms with E-state index in [9.17, 15) is 9.18 Å². The van der Waals surface area contributed by atoms with Crippen LogP contribution >= 0.6 is 11.3 Å². The summed E-state index contributed by atoms with van der Waals surface area (Å²) in [7, 11) is 1.59. The zero-order chi connectivity index (χ0) is 19.0. The van der Waals surface area contributed by atoms with Gasteiger partial charge in [0.2, 0.25) is 0 Å². The fourth-order valence-electron chi connectivity index (χ4n) is 3.72. The molecule has 1 N–H and O–H groups in total. The molecule has 1 saturated carbocycles. The Bertz CT molecular complexity index is 1000. The number of anilines is 1. The lowest BCUT2D eigenvalue weighted by Crippen LogP contribution is -2.18. The van der Waals surface area contributed by atoms with Crippen LogP contribution < -0.4 is 10.1 Å². The molecule has 2 atom stereocenters. The van der Waals surface area contributed by atoms with E-state index >= 15 is 0 Å². The molecule has 0 spiro atoms. The van der Waals surface area contributed by atoms with Gasteiger partial charge in [0.15, 0.2) is 10.9 Å². The molecule has 4 nitrogen and oxygen atoms in total. The third-order valence-electron chi connectivity index (χ3n) is 5.10. The SMILES string of the molecule is COc1ccc(C)cc1C(=O)C1CC[C@@H](Nc2nc3ccc(F)cc3s2)C1. The first-order valence-electron chi connectivity index (χ1n) is 9.05. The topological polar surface area (TPSA) is 51.2 Å². The van der Waals surface area contributed by atoms with Gasteiger partial charge < -0.3 is 10.1 Å². The first-order chi connectivity index (χ1) is 13.0. The van der Waals surface area contributed by atoms with Gasteiger partial charge in [-0.15, -0.1) is 0 Å². The summed E-state index contributed by atoms with van der Waals surface area (Å²) in [6.07, 6.45) is 2.52. The number of hydrogen-bond acceptors (Lipinski definition) is 5. The lowest BCUT2D eigenvalue weighted by atomic mass is 9.94. The average Bonchev–Trinajstić information content (AvgIpc) is 3.27. The van der Waals surface area contributed by atoms with E-state index < -0.39 is 0 Å². The van der Waals surface area contributed by atoms with Crippen LogP contribution in [0.25, 0.3) is 10.2 Å². The Labute approximate surface area is 161 Å². The van der Waals surface area contributed by atoms with E-state index in [1.807, 2.05) is 25.1 Å². The van der Waals surface area contributed by atoms with Gasteiger partial charge in [0.05, 0.1) is 22.9 Å². The Kier molecular flexibility index (Phi) is 4.83. The van der Waals surface area contributed by atoms with Gasteiger partial charge in [0.1, 0.15) is 11.6 Å². The molecule has 1 aromatic heterocycles. The van der Waals surface area contributed by atoms with Crippen molar-refractivity contribution in [1.29, 1.82) is 0 Å². The summed E-state index contributed by atoms with van der Waals surface area (Å²) in [4.78, 5) is 17.5. The van der Waals surface area contributed by atoms with Crippen LogP contribution in [0.5, 0.6) is 5.75 Å². The van der Waals surface area contributed by atoms with Crippen molar-refractivity contribution >= 4 is 32.5 Å². The van der Waals surface area contributed by atoms with Gasteiger partial charge in [0, 0.05) is 12.0 Å². The van der Waals surface area contributed by atoms with Crippen molar-refractivity contribution in [2.24, 2.45) is 5.92 Å². The number of ether oxygens (including phenoxy) is 1. The van der Waals surface area contributed by atoms with Gasteiger partial charge in [0.25, 0.3) is 0 Å². The quantitative estimate of drug-likeness (QED) is 0.613. The first kappa shape index (κ1) is 17.9. The highest BCUT2D eigenvalue weighted by Crippen LogP contribution is 2.35. The van der Waals surface area contributed by atoms with Gasteiger partial charge in [-0.2, -0.15) is 0 Å². The molecule has 1 aliphatic carbocycles. The second kappa shape index (κ2) is 7.27. The molecule has 0 radical (unpaired) electrons. The molecule has 1 unspecified atom stereocenters. The molecule has 3 aromatic rings. The van der Waals surface area contributed by atoms with Crippen molar-refractivity contribution < 1.29 is 13.9 Å². The Balaban J connectivity index is 1.46. The highest BCUT2D eigenvalue weighted by Gasteiger charge is 2.32. The molecule has 6 heteroatoms. The third kappa shape index (κ3) is 3.67. The number of methoxy groups -OCH3 is 1. The first-order valence-corrected chi connectivity index (χ1v) is 9.86. The Morgan fingerprint density at radius 2 is 2.11 bits per heavy atom. The van der Waals surface area contributed by atoms with Gasteiger partial charge in [-0.3, -0.25) is 4.79 Å². The van der Waals surface area contributed by atoms with E-state index in [1.165, 1.54) is 23.5 Å². The fraction of sp³-hybridized carbons (Fsp3) is 0.333. The predicted molar refractivity (Wildman–Crippen MR) is 106 cm³/mol. The maximum atomic E-state index is 13.4. The molecule has 2 aromatic carbocycles. The van der Waals surface area contributed by atoms with Crippen LogP contribution in [0.4, 0.5) is 9.52 Å². The van der Waals surface area contributed by atoms with Crippen LogP contribution in [-0.4, -0.2) is 23.9 Å². The monoisotopic (exact) mass is 384 g/mol. The van der Waals surface area contributed by atoms with Crippen molar-refractivity contribution in [2.75, 3.05) is 12.4 Å². The summed E-state index contributed by atoms with van der Waals surface area (Å²) in [6.45, 7) is 1.98. The van der Waals surface area contributed by atoms with Gasteiger partial charge in [-0.25, -0.2) is 9.37 Å². The molecule has 1 aliphatic rings. The number of fused-ring (bicyclic) bond motifs is 1. The van der Waals surface area contributed by atoms with E-state index in [1.54, 1.807) is 13.2 Å². The minimum Gasteiger partial charge on any atom is -0.496 e. The maximum Gasteiger partial charge on any atom is 0.184 e. The van der Waals surface area contributed by atoms with Crippen molar-refractivity contribution in [3.05, 3.63) is 53.3 Å². The highest BCUT2D eigenvalue weighted by atomic mass is 32.1. The smallest absolute Gasteiger partial charge is 0.184 e. The average molecular weight is 384 g/mol. The normalized spacial score (nSPS) is 19.4. The summed E-state index contributed by atoms with van der Waals surface area (Å²) in [5.41, 5.74) is 2.51. The minimum atomic E-state index is -0.253. The molecule has 1 heterocycles. The van der Waals surface area contributed by atoms with E-state index in [2.05, 4.69) is 10.3 Å². The summed E-state index contributed by atoms with van der Waals surface area (Å²) in [5, 5.41) is 4.21. The number of Topliss-reactive ketones (excluding diaryl/α,β-unsaturated/α-hetero) is 1. The van der Waals surface area contributed by atoms with E-state index in [4.69, 9.17) is 4.74 Å². The number of aryl methyl sites for hydroxylation is 1. The Hall–Kier alpha value is -2.47. The zero-order valence-electron chi connectivity index (χ0n) is 15.3. The van der Waals surface area contributed by atoms with E-state index in [-0.39, 0.29) is 23.6 Å². The number of carbonyl (C=O) groups is 1. The lowest BCUT2D eigenvalue weighted by Gasteiger charge is -2.14. The maximum absolute atomic E-state index is 13.4. The fourth-order valence-corrected chi connectivity index (χ4v) is 4.69. The number of halogens is 1. The van der Waals surface area contributed by atoms with Gasteiger partial charge in [-0.1, -0.05) is 23.0 Å².